The van der Waals surface area contributed by atoms with E-state index in [4.69, 9.17) is 0 Å². The van der Waals surface area contributed by atoms with Gasteiger partial charge in [0.25, 0.3) is 0 Å². The van der Waals surface area contributed by atoms with Crippen LogP contribution in [0.2, 0.25) is 0 Å². The summed E-state index contributed by atoms with van der Waals surface area (Å²) in [5.74, 6) is 0.662. The molecule has 0 spiro atoms. The van der Waals surface area contributed by atoms with Gasteiger partial charge in [0.15, 0.2) is 0 Å². The van der Waals surface area contributed by atoms with E-state index in [9.17, 15) is 8.42 Å². The van der Waals surface area contributed by atoms with Gasteiger partial charge in [-0.05, 0) is 40.2 Å². The number of hydrogen-bond donors (Lipinski definition) is 1. The zero-order chi connectivity index (χ0) is 11.9. The van der Waals surface area contributed by atoms with E-state index in [-0.39, 0.29) is 5.54 Å². The van der Waals surface area contributed by atoms with Crippen LogP contribution in [-0.4, -0.2) is 32.0 Å². The van der Waals surface area contributed by atoms with Crippen molar-refractivity contribution < 1.29 is 8.42 Å². The van der Waals surface area contributed by atoms with Crippen LogP contribution in [-0.2, 0) is 9.84 Å². The molecule has 0 radical (unpaired) electrons. The van der Waals surface area contributed by atoms with Gasteiger partial charge in [-0.15, -0.1) is 0 Å². The maximum atomic E-state index is 11.5. The summed E-state index contributed by atoms with van der Waals surface area (Å²) in [6.45, 7) is 9.03. The number of hydrogen-bond acceptors (Lipinski definition) is 3. The van der Waals surface area contributed by atoms with E-state index in [1.807, 2.05) is 6.92 Å². The predicted molar refractivity (Wildman–Crippen MR) is 65.9 cm³/mol. The molecule has 0 atom stereocenters. The molecule has 0 aliphatic rings. The van der Waals surface area contributed by atoms with Gasteiger partial charge in [-0.2, -0.15) is 0 Å². The molecule has 0 saturated heterocycles. The van der Waals surface area contributed by atoms with Crippen molar-refractivity contribution in [3.8, 4) is 0 Å². The minimum atomic E-state index is -2.80. The summed E-state index contributed by atoms with van der Waals surface area (Å²) >= 11 is 0. The van der Waals surface area contributed by atoms with Gasteiger partial charge in [0, 0.05) is 5.54 Å². The second kappa shape index (κ2) is 6.48. The highest BCUT2D eigenvalue weighted by Gasteiger charge is 2.11. The quantitative estimate of drug-likeness (QED) is 0.686. The minimum absolute atomic E-state index is 0.0766. The molecule has 0 aromatic rings. The van der Waals surface area contributed by atoms with Gasteiger partial charge in [-0.3, -0.25) is 0 Å². The van der Waals surface area contributed by atoms with Crippen LogP contribution in [0.25, 0.3) is 0 Å². The molecule has 0 unspecified atom stereocenters. The molecule has 92 valence electrons. The van der Waals surface area contributed by atoms with E-state index in [1.165, 1.54) is 0 Å². The fraction of sp³-hybridized carbons (Fsp3) is 1.00. The Morgan fingerprint density at radius 2 is 1.60 bits per heavy atom. The van der Waals surface area contributed by atoms with Crippen LogP contribution in [0.15, 0.2) is 0 Å². The summed E-state index contributed by atoms with van der Waals surface area (Å²) in [5, 5.41) is 3.29. The Labute approximate surface area is 94.6 Å². The van der Waals surface area contributed by atoms with E-state index in [1.54, 1.807) is 0 Å². The van der Waals surface area contributed by atoms with Crippen molar-refractivity contribution in [2.24, 2.45) is 0 Å². The number of unbranched alkanes of at least 4 members (excludes halogenated alkanes) is 1. The van der Waals surface area contributed by atoms with Crippen LogP contribution in [0.3, 0.4) is 0 Å². The topological polar surface area (TPSA) is 46.2 Å². The summed E-state index contributed by atoms with van der Waals surface area (Å²) < 4.78 is 23.0. The highest BCUT2D eigenvalue weighted by atomic mass is 32.2. The van der Waals surface area contributed by atoms with Gasteiger partial charge in [-0.1, -0.05) is 13.3 Å². The molecule has 0 rings (SSSR count). The third kappa shape index (κ3) is 10.2. The molecule has 0 aliphatic carbocycles. The maximum Gasteiger partial charge on any atom is 0.150 e. The Balaban J connectivity index is 3.67. The van der Waals surface area contributed by atoms with Gasteiger partial charge < -0.3 is 5.32 Å². The molecule has 0 bridgehead atoms. The van der Waals surface area contributed by atoms with Crippen LogP contribution in [0.5, 0.6) is 0 Å². The van der Waals surface area contributed by atoms with E-state index < -0.39 is 9.84 Å². The van der Waals surface area contributed by atoms with E-state index in [0.717, 1.165) is 19.4 Å². The van der Waals surface area contributed by atoms with Gasteiger partial charge in [0.2, 0.25) is 0 Å². The Hall–Kier alpha value is -0.0900. The number of sulfone groups is 1. The summed E-state index contributed by atoms with van der Waals surface area (Å²) in [4.78, 5) is 0. The first-order chi connectivity index (χ1) is 6.77. The van der Waals surface area contributed by atoms with Crippen LogP contribution >= 0.6 is 0 Å². The van der Waals surface area contributed by atoms with Gasteiger partial charge >= 0.3 is 0 Å². The van der Waals surface area contributed by atoms with E-state index in [2.05, 4.69) is 26.1 Å². The monoisotopic (exact) mass is 235 g/mol. The lowest BCUT2D eigenvalue weighted by atomic mass is 10.1. The van der Waals surface area contributed by atoms with Crippen molar-refractivity contribution in [1.82, 2.24) is 5.32 Å². The molecule has 0 saturated carbocycles. The van der Waals surface area contributed by atoms with Crippen LogP contribution in [0, 0.1) is 0 Å². The van der Waals surface area contributed by atoms with E-state index in [0.29, 0.717) is 17.9 Å². The molecule has 0 heterocycles. The fourth-order valence-electron chi connectivity index (χ4n) is 1.22. The van der Waals surface area contributed by atoms with Crippen molar-refractivity contribution in [3.63, 3.8) is 0 Å². The van der Waals surface area contributed by atoms with Crippen molar-refractivity contribution in [3.05, 3.63) is 0 Å². The van der Waals surface area contributed by atoms with Crippen molar-refractivity contribution in [2.75, 3.05) is 18.1 Å². The zero-order valence-corrected chi connectivity index (χ0v) is 11.3. The van der Waals surface area contributed by atoms with Crippen molar-refractivity contribution in [1.29, 1.82) is 0 Å². The lowest BCUT2D eigenvalue weighted by molar-refractivity contribution is 0.426. The SMILES string of the molecule is CCCCS(=O)(=O)CCCNC(C)(C)C. The third-order valence-electron chi connectivity index (χ3n) is 2.10. The van der Waals surface area contributed by atoms with Gasteiger partial charge in [0.1, 0.15) is 9.84 Å². The minimum Gasteiger partial charge on any atom is -0.312 e. The highest BCUT2D eigenvalue weighted by molar-refractivity contribution is 7.91. The van der Waals surface area contributed by atoms with Crippen molar-refractivity contribution >= 4 is 9.84 Å². The molecular formula is C11H25NO2S. The Bertz CT molecular complexity index is 252. The molecule has 4 heteroatoms. The summed E-state index contributed by atoms with van der Waals surface area (Å²) in [6.07, 6.45) is 2.44. The summed E-state index contributed by atoms with van der Waals surface area (Å²) in [5.41, 5.74) is 0.0766. The van der Waals surface area contributed by atoms with Crippen LogP contribution in [0.1, 0.15) is 47.0 Å². The average Bonchev–Trinajstić information content (AvgIpc) is 2.08. The molecule has 3 nitrogen and oxygen atoms in total. The van der Waals surface area contributed by atoms with Gasteiger partial charge in [-0.25, -0.2) is 8.42 Å². The first-order valence-electron chi connectivity index (χ1n) is 5.72. The second-order valence-electron chi connectivity index (χ2n) is 5.04. The lowest BCUT2D eigenvalue weighted by Gasteiger charge is -2.20. The molecule has 0 aliphatic heterocycles. The smallest absolute Gasteiger partial charge is 0.150 e. The highest BCUT2D eigenvalue weighted by Crippen LogP contribution is 2.01. The van der Waals surface area contributed by atoms with Crippen molar-refractivity contribution in [2.45, 2.75) is 52.5 Å². The first kappa shape index (κ1) is 14.9. The summed E-state index contributed by atoms with van der Waals surface area (Å²) in [6, 6.07) is 0. The molecule has 0 amide bonds. The third-order valence-corrected chi connectivity index (χ3v) is 3.92. The molecule has 0 aromatic carbocycles. The van der Waals surface area contributed by atoms with Crippen LogP contribution < -0.4 is 5.32 Å². The predicted octanol–water partition coefficient (Wildman–Crippen LogP) is 1.98. The maximum absolute atomic E-state index is 11.5. The average molecular weight is 235 g/mol. The number of nitrogens with one attached hydrogen (secondary N) is 1. The first-order valence-corrected chi connectivity index (χ1v) is 7.54. The Kier molecular flexibility index (Phi) is 6.44. The number of rotatable bonds is 7. The largest absolute Gasteiger partial charge is 0.312 e. The van der Waals surface area contributed by atoms with Crippen LogP contribution in [0.4, 0.5) is 0 Å². The Morgan fingerprint density at radius 3 is 2.07 bits per heavy atom. The molecule has 1 N–H and O–H groups in total. The van der Waals surface area contributed by atoms with E-state index >= 15 is 0 Å². The molecule has 0 aromatic heterocycles. The summed E-state index contributed by atoms with van der Waals surface area (Å²) in [7, 11) is -2.80. The van der Waals surface area contributed by atoms with Gasteiger partial charge in [0.05, 0.1) is 11.5 Å². The Morgan fingerprint density at radius 1 is 1.07 bits per heavy atom. The zero-order valence-electron chi connectivity index (χ0n) is 10.5. The standard InChI is InChI=1S/C11H25NO2S/c1-5-6-9-15(13,14)10-7-8-12-11(2,3)4/h12H,5-10H2,1-4H3. The second-order valence-corrected chi connectivity index (χ2v) is 7.34. The molecular weight excluding hydrogens is 210 g/mol. The lowest BCUT2D eigenvalue weighted by Crippen LogP contribution is -2.37. The molecule has 15 heavy (non-hydrogen) atoms. The fourth-order valence-corrected chi connectivity index (χ4v) is 2.74. The normalized spacial score (nSPS) is 13.1. The molecule has 0 fully saturated rings.